The van der Waals surface area contributed by atoms with Crippen LogP contribution in [0.2, 0.25) is 0 Å². The van der Waals surface area contributed by atoms with Crippen LogP contribution in [-0.4, -0.2) is 6.21 Å². The van der Waals surface area contributed by atoms with E-state index < -0.39 is 0 Å². The third-order valence-electron chi connectivity index (χ3n) is 8.15. The van der Waals surface area contributed by atoms with Gasteiger partial charge in [-0.15, -0.1) is 0 Å². The van der Waals surface area contributed by atoms with Crippen LogP contribution in [0, 0.1) is 6.92 Å². The summed E-state index contributed by atoms with van der Waals surface area (Å²) < 4.78 is 6.92. The molecule has 0 spiro atoms. The Bertz CT molecular complexity index is 1530. The summed E-state index contributed by atoms with van der Waals surface area (Å²) in [5, 5.41) is 1.26. The number of benzene rings is 4. The first-order chi connectivity index (χ1) is 20.3. The predicted molar refractivity (Wildman–Crippen MR) is 190 cm³/mol. The summed E-state index contributed by atoms with van der Waals surface area (Å²) in [5.74, 6) is 1.06. The van der Waals surface area contributed by atoms with Crippen molar-refractivity contribution in [3.63, 3.8) is 0 Å². The molecular weight excluding hydrogens is 541 g/mol. The van der Waals surface area contributed by atoms with Gasteiger partial charge in [-0.2, -0.15) is 0 Å². The summed E-state index contributed by atoms with van der Waals surface area (Å²) >= 11 is 0. The molecule has 3 heteroatoms. The van der Waals surface area contributed by atoms with E-state index in [1.54, 1.807) is 0 Å². The molecule has 0 heterocycles. The van der Waals surface area contributed by atoms with Crippen molar-refractivity contribution in [2.75, 3.05) is 0 Å². The fourth-order valence-corrected chi connectivity index (χ4v) is 7.40. The Balaban J connectivity index is 1.90. The molecule has 2 atom stereocenters. The molecule has 4 aromatic carbocycles. The SMILES string of the molecule is CCCC(C)(Pc1c(C)cccc1/C=N/c1ccccc1)c1cc(C(C)(C)C)cc(C(C)(C)C)c1OCc1ccccc1. The number of rotatable bonds is 10. The summed E-state index contributed by atoms with van der Waals surface area (Å²) in [6.07, 6.45) is 4.20. The van der Waals surface area contributed by atoms with E-state index in [0.29, 0.717) is 15.2 Å². The molecule has 0 saturated carbocycles. The lowest BCUT2D eigenvalue weighted by molar-refractivity contribution is 0.290. The lowest BCUT2D eigenvalue weighted by Crippen LogP contribution is -2.26. The van der Waals surface area contributed by atoms with Crippen LogP contribution in [0.25, 0.3) is 0 Å². The number of aliphatic imine (C=N–C) groups is 1. The minimum atomic E-state index is -0.122. The van der Waals surface area contributed by atoms with Crippen LogP contribution in [0.15, 0.2) is 96.0 Å². The average Bonchev–Trinajstić information content (AvgIpc) is 2.96. The number of ether oxygens (including phenoxy) is 1. The summed E-state index contributed by atoms with van der Waals surface area (Å²) in [7, 11) is 0.554. The van der Waals surface area contributed by atoms with E-state index in [1.807, 2.05) is 18.2 Å². The Kier molecular flexibility index (Phi) is 10.3. The quantitative estimate of drug-likeness (QED) is 0.133. The fourth-order valence-electron chi connectivity index (χ4n) is 5.58. The second-order valence-electron chi connectivity index (χ2n) is 14.0. The van der Waals surface area contributed by atoms with Crippen molar-refractivity contribution >= 4 is 25.8 Å². The van der Waals surface area contributed by atoms with E-state index in [9.17, 15) is 0 Å². The smallest absolute Gasteiger partial charge is 0.127 e. The first kappa shape index (κ1) is 32.7. The molecule has 0 aromatic heterocycles. The maximum absolute atomic E-state index is 6.92. The molecule has 2 nitrogen and oxygen atoms in total. The second kappa shape index (κ2) is 13.6. The van der Waals surface area contributed by atoms with E-state index in [-0.39, 0.29) is 16.0 Å². The van der Waals surface area contributed by atoms with Crippen LogP contribution in [0.5, 0.6) is 5.75 Å². The van der Waals surface area contributed by atoms with Gasteiger partial charge >= 0.3 is 0 Å². The predicted octanol–water partition coefficient (Wildman–Crippen LogP) is 10.9. The first-order valence-electron chi connectivity index (χ1n) is 15.6. The van der Waals surface area contributed by atoms with Crippen molar-refractivity contribution in [2.24, 2.45) is 4.99 Å². The molecule has 0 amide bonds. The molecule has 0 aliphatic rings. The molecule has 226 valence electrons. The third kappa shape index (κ3) is 8.24. The van der Waals surface area contributed by atoms with Gasteiger partial charge < -0.3 is 4.74 Å². The average molecular weight is 592 g/mol. The van der Waals surface area contributed by atoms with Gasteiger partial charge in [0.1, 0.15) is 12.4 Å². The largest absolute Gasteiger partial charge is 0.488 e. The van der Waals surface area contributed by atoms with E-state index in [0.717, 1.165) is 24.3 Å². The van der Waals surface area contributed by atoms with E-state index in [2.05, 4.69) is 141 Å². The molecule has 4 rings (SSSR count). The third-order valence-corrected chi connectivity index (χ3v) is 10.2. The summed E-state index contributed by atoms with van der Waals surface area (Å²) in [6, 6.07) is 32.2. The van der Waals surface area contributed by atoms with Crippen LogP contribution in [-0.2, 0) is 22.6 Å². The van der Waals surface area contributed by atoms with E-state index in [4.69, 9.17) is 9.73 Å². The van der Waals surface area contributed by atoms with Gasteiger partial charge in [0.25, 0.3) is 0 Å². The normalized spacial score (nSPS) is 14.0. The van der Waals surface area contributed by atoms with E-state index in [1.165, 1.54) is 38.7 Å². The Labute approximate surface area is 262 Å². The molecule has 0 fully saturated rings. The van der Waals surface area contributed by atoms with Gasteiger partial charge in [0.05, 0.1) is 5.69 Å². The van der Waals surface area contributed by atoms with Gasteiger partial charge in [-0.25, -0.2) is 0 Å². The Morgan fingerprint density at radius 1 is 0.744 bits per heavy atom. The number of aryl methyl sites for hydroxylation is 1. The van der Waals surface area contributed by atoms with Crippen LogP contribution < -0.4 is 10.0 Å². The minimum absolute atomic E-state index is 0.0130. The van der Waals surface area contributed by atoms with Crippen molar-refractivity contribution in [3.8, 4) is 5.75 Å². The molecule has 43 heavy (non-hydrogen) atoms. The van der Waals surface area contributed by atoms with Crippen LogP contribution in [0.1, 0.15) is 102 Å². The van der Waals surface area contributed by atoms with Gasteiger partial charge in [-0.1, -0.05) is 149 Å². The molecule has 0 radical (unpaired) electrons. The van der Waals surface area contributed by atoms with Crippen molar-refractivity contribution in [2.45, 2.75) is 97.7 Å². The molecule has 0 aliphatic heterocycles. The zero-order valence-electron chi connectivity index (χ0n) is 27.7. The minimum Gasteiger partial charge on any atom is -0.488 e. The van der Waals surface area contributed by atoms with Gasteiger partial charge in [-0.05, 0) is 58.3 Å². The molecule has 0 saturated heterocycles. The number of para-hydroxylation sites is 1. The van der Waals surface area contributed by atoms with Gasteiger partial charge in [-0.3, -0.25) is 4.99 Å². The topological polar surface area (TPSA) is 21.6 Å². The summed E-state index contributed by atoms with van der Waals surface area (Å²) in [6.45, 7) is 21.5. The fraction of sp³-hybridized carbons (Fsp3) is 0.375. The molecule has 2 unspecified atom stereocenters. The Morgan fingerprint density at radius 3 is 1.98 bits per heavy atom. The standard InChI is InChI=1S/C40H50NOP/c1-10-24-40(9,43-37-29(2)18-17-21-31(37)27-41-33-22-15-12-16-23-33)35-26-32(38(3,4)5)25-34(39(6,7)8)36(35)42-28-30-19-13-11-14-20-30/h11-23,25-27,43H,10,24,28H2,1-9H3/b41-27+. The highest BCUT2D eigenvalue weighted by Crippen LogP contribution is 2.52. The van der Waals surface area contributed by atoms with Crippen molar-refractivity contribution in [1.82, 2.24) is 0 Å². The lowest BCUT2D eigenvalue weighted by Gasteiger charge is -2.37. The van der Waals surface area contributed by atoms with Crippen molar-refractivity contribution < 1.29 is 4.74 Å². The highest BCUT2D eigenvalue weighted by Gasteiger charge is 2.36. The maximum atomic E-state index is 6.92. The van der Waals surface area contributed by atoms with Gasteiger partial charge in [0.2, 0.25) is 0 Å². The first-order valence-corrected chi connectivity index (χ1v) is 16.6. The van der Waals surface area contributed by atoms with Crippen LogP contribution in [0.4, 0.5) is 5.69 Å². The molecule has 4 aromatic rings. The number of nitrogens with zero attached hydrogens (tertiary/aromatic N) is 1. The van der Waals surface area contributed by atoms with E-state index >= 15 is 0 Å². The maximum Gasteiger partial charge on any atom is 0.127 e. The zero-order chi connectivity index (χ0) is 31.3. The van der Waals surface area contributed by atoms with Crippen molar-refractivity contribution in [3.05, 3.63) is 124 Å². The molecular formula is C40H50NOP. The zero-order valence-corrected chi connectivity index (χ0v) is 28.7. The second-order valence-corrected chi connectivity index (χ2v) is 15.9. The van der Waals surface area contributed by atoms with Crippen LogP contribution in [0.3, 0.4) is 0 Å². The molecule has 0 aliphatic carbocycles. The Morgan fingerprint density at radius 2 is 1.37 bits per heavy atom. The summed E-state index contributed by atoms with van der Waals surface area (Å²) in [5.41, 5.74) is 8.58. The van der Waals surface area contributed by atoms with Gasteiger partial charge in [0, 0.05) is 28.1 Å². The monoisotopic (exact) mass is 591 g/mol. The Hall–Kier alpha value is -3.22. The number of hydrogen-bond donors (Lipinski definition) is 0. The summed E-state index contributed by atoms with van der Waals surface area (Å²) in [4.78, 5) is 4.86. The molecule has 0 N–H and O–H groups in total. The van der Waals surface area contributed by atoms with Crippen LogP contribution >= 0.6 is 8.58 Å². The molecule has 0 bridgehead atoms. The lowest BCUT2D eigenvalue weighted by atomic mass is 9.77. The van der Waals surface area contributed by atoms with Crippen molar-refractivity contribution in [1.29, 1.82) is 0 Å². The van der Waals surface area contributed by atoms with Gasteiger partial charge in [0.15, 0.2) is 0 Å². The highest BCUT2D eigenvalue weighted by atomic mass is 31.1. The highest BCUT2D eigenvalue weighted by molar-refractivity contribution is 7.49. The number of hydrogen-bond acceptors (Lipinski definition) is 2.